The summed E-state index contributed by atoms with van der Waals surface area (Å²) in [6.45, 7) is 5.46. The highest BCUT2D eigenvalue weighted by Gasteiger charge is 2.30. The lowest BCUT2D eigenvalue weighted by atomic mass is 9.87. The molecule has 4 rings (SSSR count). The molecular formula is C27H31ClN2O5. The minimum absolute atomic E-state index is 0.00189. The highest BCUT2D eigenvalue weighted by Crippen LogP contribution is 2.39. The number of carbonyl (C=O) groups is 2. The summed E-state index contributed by atoms with van der Waals surface area (Å²) in [5.74, 6) is -0.389. The number of halogens is 1. The third-order valence-electron chi connectivity index (χ3n) is 6.86. The molecule has 35 heavy (non-hydrogen) atoms. The SMILES string of the molecule is CCC(C)C(NC(=O)Oc1cc2c(cc1Cl)CCN(C)CC2c1cccc2ccoc12)C(=O)OC. The van der Waals surface area contributed by atoms with E-state index in [1.165, 1.54) is 7.11 Å². The average molecular weight is 499 g/mol. The fourth-order valence-corrected chi connectivity index (χ4v) is 4.88. The zero-order valence-electron chi connectivity index (χ0n) is 20.5. The van der Waals surface area contributed by atoms with Gasteiger partial charge in [0, 0.05) is 30.0 Å². The number of amides is 1. The van der Waals surface area contributed by atoms with Gasteiger partial charge in [-0.15, -0.1) is 0 Å². The highest BCUT2D eigenvalue weighted by molar-refractivity contribution is 6.32. The average Bonchev–Trinajstić information content (AvgIpc) is 3.28. The van der Waals surface area contributed by atoms with E-state index >= 15 is 0 Å². The van der Waals surface area contributed by atoms with Gasteiger partial charge in [0.1, 0.15) is 11.6 Å². The zero-order valence-corrected chi connectivity index (χ0v) is 21.2. The number of rotatable bonds is 6. The first-order chi connectivity index (χ1) is 16.8. The Morgan fingerprint density at radius 3 is 2.80 bits per heavy atom. The molecule has 1 aliphatic heterocycles. The Balaban J connectivity index is 1.68. The number of hydrogen-bond acceptors (Lipinski definition) is 6. The van der Waals surface area contributed by atoms with E-state index in [2.05, 4.69) is 23.3 Å². The van der Waals surface area contributed by atoms with Crippen molar-refractivity contribution in [3.8, 4) is 5.75 Å². The maximum atomic E-state index is 12.8. The van der Waals surface area contributed by atoms with Gasteiger partial charge in [0.2, 0.25) is 0 Å². The first kappa shape index (κ1) is 25.1. The molecule has 2 heterocycles. The second-order valence-electron chi connectivity index (χ2n) is 9.15. The standard InChI is InChI=1S/C27H31ClN2O5/c1-5-16(2)24(26(31)33-4)29-27(32)35-23-14-20-18(13-22(23)28)9-11-30(3)15-21(20)19-8-6-7-17-10-12-34-25(17)19/h6-8,10,12-14,16,21,24H,5,9,11,15H2,1-4H3,(H,29,32). The molecule has 0 saturated heterocycles. The van der Waals surface area contributed by atoms with E-state index in [1.54, 1.807) is 6.26 Å². The fraction of sp³-hybridized carbons (Fsp3) is 0.407. The van der Waals surface area contributed by atoms with Crippen molar-refractivity contribution in [1.82, 2.24) is 10.2 Å². The van der Waals surface area contributed by atoms with Gasteiger partial charge in [-0.3, -0.25) is 0 Å². The van der Waals surface area contributed by atoms with Crippen LogP contribution in [0.4, 0.5) is 4.79 Å². The summed E-state index contributed by atoms with van der Waals surface area (Å²) in [5.41, 5.74) is 4.07. The molecule has 0 fully saturated rings. The molecule has 7 nitrogen and oxygen atoms in total. The van der Waals surface area contributed by atoms with Gasteiger partial charge in [-0.05, 0) is 48.7 Å². The summed E-state index contributed by atoms with van der Waals surface area (Å²) in [6, 6.07) is 11.0. The first-order valence-corrected chi connectivity index (χ1v) is 12.2. The van der Waals surface area contributed by atoms with Crippen molar-refractivity contribution in [1.29, 1.82) is 0 Å². The van der Waals surface area contributed by atoms with Gasteiger partial charge >= 0.3 is 12.1 Å². The second-order valence-corrected chi connectivity index (χ2v) is 9.56. The summed E-state index contributed by atoms with van der Waals surface area (Å²) in [6.07, 6.45) is 2.46. The fourth-order valence-electron chi connectivity index (χ4n) is 4.65. The minimum atomic E-state index is -0.810. The van der Waals surface area contributed by atoms with Crippen LogP contribution in [0.5, 0.6) is 5.75 Å². The number of furan rings is 1. The molecule has 1 amide bonds. The maximum Gasteiger partial charge on any atom is 0.413 e. The first-order valence-electron chi connectivity index (χ1n) is 11.9. The topological polar surface area (TPSA) is 81.0 Å². The molecule has 186 valence electrons. The van der Waals surface area contributed by atoms with Gasteiger partial charge in [0.15, 0.2) is 5.75 Å². The lowest BCUT2D eigenvalue weighted by Gasteiger charge is -2.23. The van der Waals surface area contributed by atoms with Gasteiger partial charge in [0.25, 0.3) is 0 Å². The monoisotopic (exact) mass is 498 g/mol. The van der Waals surface area contributed by atoms with Crippen LogP contribution < -0.4 is 10.1 Å². The lowest BCUT2D eigenvalue weighted by Crippen LogP contribution is -2.46. The number of benzene rings is 2. The predicted octanol–water partition coefficient (Wildman–Crippen LogP) is 5.38. The number of carbonyl (C=O) groups excluding carboxylic acids is 2. The normalized spacial score (nSPS) is 17.8. The molecule has 1 aliphatic rings. The zero-order chi connectivity index (χ0) is 25.1. The number of nitrogens with one attached hydrogen (secondary N) is 1. The second kappa shape index (κ2) is 10.7. The minimum Gasteiger partial charge on any atom is -0.467 e. The van der Waals surface area contributed by atoms with Crippen LogP contribution in [0.1, 0.15) is 42.9 Å². The summed E-state index contributed by atoms with van der Waals surface area (Å²) >= 11 is 6.55. The third kappa shape index (κ3) is 5.31. The van der Waals surface area contributed by atoms with Crippen molar-refractivity contribution in [2.24, 2.45) is 5.92 Å². The van der Waals surface area contributed by atoms with Crippen LogP contribution in [0, 0.1) is 5.92 Å². The molecule has 1 N–H and O–H groups in total. The summed E-state index contributed by atoms with van der Waals surface area (Å²) in [5, 5.41) is 4.03. The number of ether oxygens (including phenoxy) is 2. The van der Waals surface area contributed by atoms with Crippen molar-refractivity contribution in [2.75, 3.05) is 27.2 Å². The van der Waals surface area contributed by atoms with Crippen LogP contribution in [0.2, 0.25) is 5.02 Å². The highest BCUT2D eigenvalue weighted by atomic mass is 35.5. The lowest BCUT2D eigenvalue weighted by molar-refractivity contribution is -0.144. The number of hydrogen-bond donors (Lipinski definition) is 1. The Kier molecular flexibility index (Phi) is 7.67. The number of para-hydroxylation sites is 1. The number of likely N-dealkylation sites (N-methyl/N-ethyl adjacent to an activating group) is 1. The Bertz CT molecular complexity index is 1220. The molecule has 3 atom stereocenters. The molecule has 8 heteroatoms. The molecular weight excluding hydrogens is 468 g/mol. The molecule has 2 aromatic carbocycles. The van der Waals surface area contributed by atoms with E-state index in [0.717, 1.165) is 47.2 Å². The molecule has 0 saturated carbocycles. The number of methoxy groups -OCH3 is 1. The van der Waals surface area contributed by atoms with Crippen molar-refractivity contribution < 1.29 is 23.5 Å². The van der Waals surface area contributed by atoms with E-state index in [4.69, 9.17) is 25.5 Å². The number of nitrogens with zero attached hydrogens (tertiary/aromatic N) is 1. The van der Waals surface area contributed by atoms with Crippen LogP contribution in [0.15, 0.2) is 47.1 Å². The van der Waals surface area contributed by atoms with Gasteiger partial charge < -0.3 is 24.1 Å². The molecule has 0 radical (unpaired) electrons. The van der Waals surface area contributed by atoms with Crippen LogP contribution in [0.3, 0.4) is 0 Å². The summed E-state index contributed by atoms with van der Waals surface area (Å²) in [4.78, 5) is 27.2. The van der Waals surface area contributed by atoms with Crippen molar-refractivity contribution in [3.63, 3.8) is 0 Å². The largest absolute Gasteiger partial charge is 0.467 e. The Labute approximate surface area is 210 Å². The Morgan fingerprint density at radius 1 is 1.26 bits per heavy atom. The number of esters is 1. The van der Waals surface area contributed by atoms with E-state index in [9.17, 15) is 9.59 Å². The molecule has 1 aromatic heterocycles. The third-order valence-corrected chi connectivity index (χ3v) is 7.15. The van der Waals surface area contributed by atoms with Gasteiger partial charge in [-0.25, -0.2) is 9.59 Å². The van der Waals surface area contributed by atoms with Gasteiger partial charge in [-0.2, -0.15) is 0 Å². The van der Waals surface area contributed by atoms with Crippen LogP contribution in [-0.4, -0.2) is 50.3 Å². The molecule has 0 spiro atoms. The van der Waals surface area contributed by atoms with Crippen LogP contribution in [-0.2, 0) is 16.0 Å². The quantitative estimate of drug-likeness (QED) is 0.459. The molecule has 3 unspecified atom stereocenters. The summed E-state index contributed by atoms with van der Waals surface area (Å²) < 4.78 is 16.3. The van der Waals surface area contributed by atoms with Crippen molar-refractivity contribution in [3.05, 3.63) is 64.4 Å². The van der Waals surface area contributed by atoms with E-state index in [0.29, 0.717) is 11.4 Å². The van der Waals surface area contributed by atoms with E-state index in [-0.39, 0.29) is 17.6 Å². The Hall–Kier alpha value is -3.03. The van der Waals surface area contributed by atoms with Crippen LogP contribution >= 0.6 is 11.6 Å². The number of fused-ring (bicyclic) bond motifs is 2. The van der Waals surface area contributed by atoms with Gasteiger partial charge in [0.05, 0.1) is 18.4 Å². The summed E-state index contributed by atoms with van der Waals surface area (Å²) in [7, 11) is 3.39. The van der Waals surface area contributed by atoms with Crippen molar-refractivity contribution >= 4 is 34.6 Å². The predicted molar refractivity (Wildman–Crippen MR) is 135 cm³/mol. The molecule has 0 aliphatic carbocycles. The smallest absolute Gasteiger partial charge is 0.413 e. The van der Waals surface area contributed by atoms with Gasteiger partial charge in [-0.1, -0.05) is 50.1 Å². The van der Waals surface area contributed by atoms with E-state index in [1.807, 2.05) is 44.2 Å². The molecule has 0 bridgehead atoms. The maximum absolute atomic E-state index is 12.8. The van der Waals surface area contributed by atoms with Crippen LogP contribution in [0.25, 0.3) is 11.0 Å². The Morgan fingerprint density at radius 2 is 2.06 bits per heavy atom. The molecule has 3 aromatic rings. The van der Waals surface area contributed by atoms with E-state index < -0.39 is 18.1 Å². The van der Waals surface area contributed by atoms with Crippen molar-refractivity contribution in [2.45, 2.75) is 38.6 Å².